The van der Waals surface area contributed by atoms with Gasteiger partial charge in [0.1, 0.15) is 0 Å². The minimum Gasteiger partial charge on any atom is -0.383 e. The number of likely N-dealkylation sites (tertiary alicyclic amines) is 1. The molecule has 1 amide bonds. The Kier molecular flexibility index (Phi) is 5.64. The zero-order valence-corrected chi connectivity index (χ0v) is 14.2. The fourth-order valence-electron chi connectivity index (χ4n) is 3.33. The van der Waals surface area contributed by atoms with Gasteiger partial charge in [0, 0.05) is 32.8 Å². The number of rotatable bonds is 6. The van der Waals surface area contributed by atoms with Crippen LogP contribution in [-0.4, -0.2) is 40.6 Å². The third-order valence-electron chi connectivity index (χ3n) is 4.77. The minimum atomic E-state index is 0.243. The largest absolute Gasteiger partial charge is 0.383 e. The summed E-state index contributed by atoms with van der Waals surface area (Å²) in [6, 6.07) is 10.5. The van der Waals surface area contributed by atoms with Crippen molar-refractivity contribution >= 4 is 5.91 Å². The van der Waals surface area contributed by atoms with E-state index < -0.39 is 0 Å². The second-order valence-electron chi connectivity index (χ2n) is 6.32. The first kappa shape index (κ1) is 16.7. The van der Waals surface area contributed by atoms with E-state index in [0.717, 1.165) is 31.6 Å². The van der Waals surface area contributed by atoms with E-state index in [9.17, 15) is 4.79 Å². The van der Waals surface area contributed by atoms with Crippen LogP contribution in [0.3, 0.4) is 0 Å². The molecule has 0 saturated carbocycles. The number of nitrogens with zero attached hydrogens (tertiary/aromatic N) is 3. The highest BCUT2D eigenvalue weighted by atomic mass is 16.5. The summed E-state index contributed by atoms with van der Waals surface area (Å²) < 4.78 is 7.20. The summed E-state index contributed by atoms with van der Waals surface area (Å²) in [5.74, 6) is 0.714. The Bertz CT molecular complexity index is 654. The van der Waals surface area contributed by atoms with Gasteiger partial charge in [0.15, 0.2) is 0 Å². The highest BCUT2D eigenvalue weighted by molar-refractivity contribution is 5.76. The topological polar surface area (TPSA) is 47.4 Å². The Morgan fingerprint density at radius 3 is 2.88 bits per heavy atom. The summed E-state index contributed by atoms with van der Waals surface area (Å²) in [7, 11) is 1.69. The monoisotopic (exact) mass is 327 g/mol. The molecule has 1 fully saturated rings. The summed E-state index contributed by atoms with van der Waals surface area (Å²) in [6.07, 6.45) is 6.22. The number of ether oxygens (including phenoxy) is 1. The van der Waals surface area contributed by atoms with Gasteiger partial charge in [0.2, 0.25) is 5.91 Å². The predicted molar refractivity (Wildman–Crippen MR) is 92.6 cm³/mol. The van der Waals surface area contributed by atoms with Crippen molar-refractivity contribution in [2.75, 3.05) is 20.3 Å². The maximum Gasteiger partial charge on any atom is 0.222 e. The number of imidazole rings is 1. The van der Waals surface area contributed by atoms with E-state index in [0.29, 0.717) is 25.5 Å². The number of carbonyl (C=O) groups excluding carboxylic acids is 1. The van der Waals surface area contributed by atoms with E-state index in [-0.39, 0.29) is 5.91 Å². The summed E-state index contributed by atoms with van der Waals surface area (Å²) in [4.78, 5) is 18.7. The molecule has 0 aliphatic carbocycles. The number of hydrogen-bond acceptors (Lipinski definition) is 3. The zero-order chi connectivity index (χ0) is 16.8. The van der Waals surface area contributed by atoms with Crippen LogP contribution in [0.15, 0.2) is 42.9 Å². The molecule has 1 unspecified atom stereocenters. The van der Waals surface area contributed by atoms with E-state index in [1.807, 2.05) is 23.5 Å². The Balaban J connectivity index is 1.65. The van der Waals surface area contributed by atoms with Crippen LogP contribution in [0.4, 0.5) is 0 Å². The van der Waals surface area contributed by atoms with Crippen LogP contribution < -0.4 is 0 Å². The van der Waals surface area contributed by atoms with Gasteiger partial charge >= 0.3 is 0 Å². The molecule has 1 saturated heterocycles. The standard InChI is InChI=1S/C19H25N3O2/c1-24-12-11-22-15-20-13-18(22)14-21-10-9-17(7-8-19(21)23)16-5-3-2-4-6-16/h2-6,13,15,17H,7-12,14H2,1H3. The van der Waals surface area contributed by atoms with Gasteiger partial charge in [-0.05, 0) is 24.3 Å². The fourth-order valence-corrected chi connectivity index (χ4v) is 3.33. The fraction of sp³-hybridized carbons (Fsp3) is 0.474. The molecule has 1 aliphatic heterocycles. The lowest BCUT2D eigenvalue weighted by Gasteiger charge is -2.21. The van der Waals surface area contributed by atoms with E-state index in [1.54, 1.807) is 7.11 Å². The van der Waals surface area contributed by atoms with Crippen molar-refractivity contribution in [3.63, 3.8) is 0 Å². The van der Waals surface area contributed by atoms with Crippen LogP contribution in [0.5, 0.6) is 0 Å². The van der Waals surface area contributed by atoms with Crippen molar-refractivity contribution in [3.05, 3.63) is 54.1 Å². The van der Waals surface area contributed by atoms with Crippen molar-refractivity contribution in [2.45, 2.75) is 38.3 Å². The van der Waals surface area contributed by atoms with E-state index in [1.165, 1.54) is 5.56 Å². The van der Waals surface area contributed by atoms with Gasteiger partial charge in [-0.15, -0.1) is 0 Å². The molecular weight excluding hydrogens is 302 g/mol. The van der Waals surface area contributed by atoms with Gasteiger partial charge in [0.05, 0.1) is 25.2 Å². The molecule has 2 aromatic rings. The number of amides is 1. The van der Waals surface area contributed by atoms with Crippen LogP contribution in [0.1, 0.15) is 36.4 Å². The number of methoxy groups -OCH3 is 1. The third-order valence-corrected chi connectivity index (χ3v) is 4.77. The average Bonchev–Trinajstić information content (AvgIpc) is 2.97. The summed E-state index contributed by atoms with van der Waals surface area (Å²) in [6.45, 7) is 2.84. The maximum atomic E-state index is 12.5. The normalized spacial score (nSPS) is 18.6. The van der Waals surface area contributed by atoms with Gasteiger partial charge in [-0.2, -0.15) is 0 Å². The quantitative estimate of drug-likeness (QED) is 0.820. The Morgan fingerprint density at radius 2 is 2.08 bits per heavy atom. The van der Waals surface area contributed by atoms with Crippen LogP contribution in [0.2, 0.25) is 0 Å². The van der Waals surface area contributed by atoms with Gasteiger partial charge in [0.25, 0.3) is 0 Å². The summed E-state index contributed by atoms with van der Waals surface area (Å²) in [5, 5.41) is 0. The second-order valence-corrected chi connectivity index (χ2v) is 6.32. The van der Waals surface area contributed by atoms with Crippen LogP contribution >= 0.6 is 0 Å². The van der Waals surface area contributed by atoms with Gasteiger partial charge < -0.3 is 14.2 Å². The highest BCUT2D eigenvalue weighted by Crippen LogP contribution is 2.28. The molecule has 1 aromatic heterocycles. The molecule has 128 valence electrons. The molecule has 3 rings (SSSR count). The molecule has 1 aromatic carbocycles. The van der Waals surface area contributed by atoms with E-state index in [2.05, 4.69) is 33.8 Å². The number of carbonyl (C=O) groups is 1. The molecule has 5 nitrogen and oxygen atoms in total. The first-order valence-corrected chi connectivity index (χ1v) is 8.58. The predicted octanol–water partition coefficient (Wildman–Crippen LogP) is 2.83. The lowest BCUT2D eigenvalue weighted by atomic mass is 9.92. The molecule has 0 spiro atoms. The van der Waals surface area contributed by atoms with Crippen molar-refractivity contribution in [1.82, 2.24) is 14.5 Å². The lowest BCUT2D eigenvalue weighted by molar-refractivity contribution is -0.131. The Morgan fingerprint density at radius 1 is 1.25 bits per heavy atom. The van der Waals surface area contributed by atoms with Crippen molar-refractivity contribution in [1.29, 1.82) is 0 Å². The number of aromatic nitrogens is 2. The highest BCUT2D eigenvalue weighted by Gasteiger charge is 2.24. The van der Waals surface area contributed by atoms with Crippen molar-refractivity contribution in [2.24, 2.45) is 0 Å². The van der Waals surface area contributed by atoms with Crippen LogP contribution in [-0.2, 0) is 22.6 Å². The first-order chi connectivity index (χ1) is 11.8. The van der Waals surface area contributed by atoms with Crippen LogP contribution in [0, 0.1) is 0 Å². The Hall–Kier alpha value is -2.14. The molecule has 1 atom stereocenters. The van der Waals surface area contributed by atoms with Gasteiger partial charge in [-0.25, -0.2) is 4.98 Å². The molecule has 24 heavy (non-hydrogen) atoms. The second kappa shape index (κ2) is 8.11. The summed E-state index contributed by atoms with van der Waals surface area (Å²) in [5.41, 5.74) is 2.41. The van der Waals surface area contributed by atoms with Gasteiger partial charge in [-0.3, -0.25) is 4.79 Å². The zero-order valence-electron chi connectivity index (χ0n) is 14.2. The first-order valence-electron chi connectivity index (χ1n) is 8.58. The molecule has 0 N–H and O–H groups in total. The third kappa shape index (κ3) is 4.03. The molecule has 0 radical (unpaired) electrons. The lowest BCUT2D eigenvalue weighted by Crippen LogP contribution is -2.30. The van der Waals surface area contributed by atoms with Crippen LogP contribution in [0.25, 0.3) is 0 Å². The average molecular weight is 327 g/mol. The molecular formula is C19H25N3O2. The van der Waals surface area contributed by atoms with Gasteiger partial charge in [-0.1, -0.05) is 30.3 Å². The number of hydrogen-bond donors (Lipinski definition) is 0. The molecule has 0 bridgehead atoms. The van der Waals surface area contributed by atoms with E-state index in [4.69, 9.17) is 4.74 Å². The van der Waals surface area contributed by atoms with Crippen molar-refractivity contribution in [3.8, 4) is 0 Å². The molecule has 5 heteroatoms. The Labute approximate surface area is 143 Å². The number of benzene rings is 1. The summed E-state index contributed by atoms with van der Waals surface area (Å²) >= 11 is 0. The SMILES string of the molecule is COCCn1cncc1CN1CCC(c2ccccc2)CCC1=O. The molecule has 2 heterocycles. The minimum absolute atomic E-state index is 0.243. The van der Waals surface area contributed by atoms with E-state index >= 15 is 0 Å². The smallest absolute Gasteiger partial charge is 0.222 e. The maximum absolute atomic E-state index is 12.5. The van der Waals surface area contributed by atoms with Crippen molar-refractivity contribution < 1.29 is 9.53 Å². The molecule has 1 aliphatic rings.